The zero-order valence-electron chi connectivity index (χ0n) is 12.1. The number of hydrogen-bond donors (Lipinski definition) is 1. The van der Waals surface area contributed by atoms with Gasteiger partial charge in [-0.25, -0.2) is 4.39 Å². The van der Waals surface area contributed by atoms with Crippen LogP contribution in [0, 0.1) is 17.1 Å². The van der Waals surface area contributed by atoms with E-state index in [1.54, 1.807) is 12.1 Å². The fraction of sp³-hybridized carbons (Fsp3) is 0.500. The largest absolute Gasteiger partial charge is 0.383 e. The van der Waals surface area contributed by atoms with Gasteiger partial charge < -0.3 is 10.2 Å². The second-order valence-corrected chi connectivity index (χ2v) is 5.28. The molecule has 2 rings (SSSR count). The van der Waals surface area contributed by atoms with Crippen molar-refractivity contribution in [3.8, 4) is 6.07 Å². The molecule has 4 nitrogen and oxygen atoms in total. The molecule has 112 valence electrons. The molecule has 0 aromatic heterocycles. The first-order valence-corrected chi connectivity index (χ1v) is 7.42. The minimum Gasteiger partial charge on any atom is -0.383 e. The van der Waals surface area contributed by atoms with Crippen molar-refractivity contribution in [3.05, 3.63) is 29.6 Å². The Balaban J connectivity index is 1.77. The zero-order chi connectivity index (χ0) is 15.1. The molecule has 21 heavy (non-hydrogen) atoms. The summed E-state index contributed by atoms with van der Waals surface area (Å²) in [6, 6.07) is 6.29. The third-order valence-electron chi connectivity index (χ3n) is 3.69. The van der Waals surface area contributed by atoms with Gasteiger partial charge in [0.2, 0.25) is 5.91 Å². The smallest absolute Gasteiger partial charge is 0.222 e. The van der Waals surface area contributed by atoms with Crippen LogP contribution in [0.25, 0.3) is 0 Å². The lowest BCUT2D eigenvalue weighted by atomic mass is 10.2. The Morgan fingerprint density at radius 3 is 2.95 bits per heavy atom. The number of halogens is 1. The monoisotopic (exact) mass is 289 g/mol. The highest BCUT2D eigenvalue weighted by Gasteiger charge is 2.15. The van der Waals surface area contributed by atoms with Crippen molar-refractivity contribution in [2.75, 3.05) is 25.0 Å². The molecule has 1 N–H and O–H groups in total. The molecule has 0 saturated carbocycles. The predicted molar refractivity (Wildman–Crippen MR) is 79.3 cm³/mol. The number of rotatable bonds is 5. The van der Waals surface area contributed by atoms with Gasteiger partial charge >= 0.3 is 0 Å². The summed E-state index contributed by atoms with van der Waals surface area (Å²) in [4.78, 5) is 13.7. The van der Waals surface area contributed by atoms with Gasteiger partial charge in [-0.2, -0.15) is 5.26 Å². The first-order chi connectivity index (χ1) is 10.2. The van der Waals surface area contributed by atoms with E-state index in [4.69, 9.17) is 5.26 Å². The average molecular weight is 289 g/mol. The quantitative estimate of drug-likeness (QED) is 0.848. The summed E-state index contributed by atoms with van der Waals surface area (Å²) in [5.74, 6) is -0.183. The minimum absolute atomic E-state index is 0.233. The summed E-state index contributed by atoms with van der Waals surface area (Å²) >= 11 is 0. The number of hydrogen-bond acceptors (Lipinski definition) is 3. The van der Waals surface area contributed by atoms with Crippen LogP contribution in [0.1, 0.15) is 37.7 Å². The van der Waals surface area contributed by atoms with Crippen LogP contribution in [0.3, 0.4) is 0 Å². The van der Waals surface area contributed by atoms with Gasteiger partial charge in [0.25, 0.3) is 0 Å². The van der Waals surface area contributed by atoms with Gasteiger partial charge in [0.05, 0.1) is 17.3 Å². The van der Waals surface area contributed by atoms with Crippen LogP contribution >= 0.6 is 0 Å². The SMILES string of the molecule is N#Cc1ccc(NCCCN2CCCCCC2=O)c(F)c1. The maximum atomic E-state index is 13.7. The molecule has 1 heterocycles. The van der Waals surface area contributed by atoms with Crippen molar-refractivity contribution >= 4 is 11.6 Å². The molecule has 1 aliphatic heterocycles. The summed E-state index contributed by atoms with van der Waals surface area (Å²) in [5, 5.41) is 11.7. The number of amides is 1. The van der Waals surface area contributed by atoms with Gasteiger partial charge in [0, 0.05) is 26.1 Å². The Hall–Kier alpha value is -2.09. The Morgan fingerprint density at radius 1 is 1.33 bits per heavy atom. The molecule has 1 saturated heterocycles. The fourth-order valence-corrected chi connectivity index (χ4v) is 2.50. The lowest BCUT2D eigenvalue weighted by Gasteiger charge is -2.20. The summed E-state index contributed by atoms with van der Waals surface area (Å²) in [6.07, 6.45) is 4.62. The Kier molecular flexibility index (Phi) is 5.56. The van der Waals surface area contributed by atoms with E-state index in [2.05, 4.69) is 5.32 Å². The van der Waals surface area contributed by atoms with Crippen LogP contribution < -0.4 is 5.32 Å². The summed E-state index contributed by atoms with van der Waals surface area (Å²) in [6.45, 7) is 2.15. The van der Waals surface area contributed by atoms with Crippen LogP contribution in [0.15, 0.2) is 18.2 Å². The van der Waals surface area contributed by atoms with Crippen LogP contribution in [0.2, 0.25) is 0 Å². The van der Waals surface area contributed by atoms with E-state index < -0.39 is 5.82 Å². The maximum Gasteiger partial charge on any atom is 0.222 e. The van der Waals surface area contributed by atoms with E-state index in [0.29, 0.717) is 30.8 Å². The number of anilines is 1. The molecule has 0 radical (unpaired) electrons. The number of likely N-dealkylation sites (tertiary alicyclic amines) is 1. The van der Waals surface area contributed by atoms with Gasteiger partial charge in [-0.3, -0.25) is 4.79 Å². The highest BCUT2D eigenvalue weighted by molar-refractivity contribution is 5.76. The van der Waals surface area contributed by atoms with Crippen LogP contribution in [0.5, 0.6) is 0 Å². The van der Waals surface area contributed by atoms with Crippen molar-refractivity contribution in [2.45, 2.75) is 32.1 Å². The average Bonchev–Trinajstić information content (AvgIpc) is 2.69. The van der Waals surface area contributed by atoms with Crippen molar-refractivity contribution in [1.29, 1.82) is 5.26 Å². The number of carbonyl (C=O) groups is 1. The molecule has 1 aromatic rings. The van der Waals surface area contributed by atoms with E-state index in [1.807, 2.05) is 11.0 Å². The van der Waals surface area contributed by atoms with Gasteiger partial charge in [-0.1, -0.05) is 6.42 Å². The molecule has 1 fully saturated rings. The second kappa shape index (κ2) is 7.63. The Labute approximate surface area is 124 Å². The fourth-order valence-electron chi connectivity index (χ4n) is 2.50. The van der Waals surface area contributed by atoms with Gasteiger partial charge in [0.1, 0.15) is 5.82 Å². The standard InChI is InChI=1S/C16H20FN3O/c17-14-11-13(12-18)6-7-15(14)19-8-4-10-20-9-3-1-2-5-16(20)21/h6-7,11,19H,1-5,8-10H2. The molecular formula is C16H20FN3O. The number of benzene rings is 1. The van der Waals surface area contributed by atoms with E-state index in [-0.39, 0.29) is 5.91 Å². The van der Waals surface area contributed by atoms with Crippen molar-refractivity contribution in [3.63, 3.8) is 0 Å². The van der Waals surface area contributed by atoms with E-state index in [9.17, 15) is 9.18 Å². The minimum atomic E-state index is -0.417. The number of nitrogens with zero attached hydrogens (tertiary/aromatic N) is 2. The third kappa shape index (κ3) is 4.45. The number of nitriles is 1. The summed E-state index contributed by atoms with van der Waals surface area (Å²) in [7, 11) is 0. The van der Waals surface area contributed by atoms with Crippen LogP contribution in [-0.2, 0) is 4.79 Å². The van der Waals surface area contributed by atoms with E-state index in [1.165, 1.54) is 6.07 Å². The summed E-state index contributed by atoms with van der Waals surface area (Å²) < 4.78 is 13.7. The highest BCUT2D eigenvalue weighted by Crippen LogP contribution is 2.15. The normalized spacial score (nSPS) is 15.4. The third-order valence-corrected chi connectivity index (χ3v) is 3.69. The topological polar surface area (TPSA) is 56.1 Å². The van der Waals surface area contributed by atoms with Gasteiger partial charge in [-0.05, 0) is 37.5 Å². The molecule has 0 aliphatic carbocycles. The van der Waals surface area contributed by atoms with Crippen molar-refractivity contribution < 1.29 is 9.18 Å². The number of carbonyl (C=O) groups excluding carboxylic acids is 1. The van der Waals surface area contributed by atoms with Gasteiger partial charge in [-0.15, -0.1) is 0 Å². The predicted octanol–water partition coefficient (Wildman–Crippen LogP) is 2.90. The zero-order valence-corrected chi connectivity index (χ0v) is 12.1. The highest BCUT2D eigenvalue weighted by atomic mass is 19.1. The molecule has 1 aromatic carbocycles. The van der Waals surface area contributed by atoms with Gasteiger partial charge in [0.15, 0.2) is 0 Å². The molecule has 0 bridgehead atoms. The first-order valence-electron chi connectivity index (χ1n) is 7.42. The van der Waals surface area contributed by atoms with Crippen molar-refractivity contribution in [1.82, 2.24) is 4.90 Å². The number of nitrogens with one attached hydrogen (secondary N) is 1. The van der Waals surface area contributed by atoms with Crippen molar-refractivity contribution in [2.24, 2.45) is 0 Å². The molecule has 0 atom stereocenters. The first kappa shape index (κ1) is 15.3. The molecule has 0 unspecified atom stereocenters. The molecule has 0 spiro atoms. The molecular weight excluding hydrogens is 269 g/mol. The lowest BCUT2D eigenvalue weighted by molar-refractivity contribution is -0.130. The second-order valence-electron chi connectivity index (χ2n) is 5.28. The Bertz CT molecular complexity index is 539. The lowest BCUT2D eigenvalue weighted by Crippen LogP contribution is -2.32. The Morgan fingerprint density at radius 2 is 2.19 bits per heavy atom. The van der Waals surface area contributed by atoms with E-state index >= 15 is 0 Å². The molecule has 1 aliphatic rings. The van der Waals surface area contributed by atoms with E-state index in [0.717, 1.165) is 32.2 Å². The van der Waals surface area contributed by atoms with Crippen LogP contribution in [-0.4, -0.2) is 30.4 Å². The molecule has 5 heteroatoms. The molecule has 1 amide bonds. The van der Waals surface area contributed by atoms with Crippen LogP contribution in [0.4, 0.5) is 10.1 Å². The maximum absolute atomic E-state index is 13.7. The summed E-state index contributed by atoms with van der Waals surface area (Å²) in [5.41, 5.74) is 0.712.